The Labute approximate surface area is 119 Å². The van der Waals surface area contributed by atoms with Gasteiger partial charge in [0.2, 0.25) is 17.8 Å². The smallest absolute Gasteiger partial charge is 0.231 e. The number of hydrogen-bond donors (Lipinski definition) is 2. The largest absolute Gasteiger partial charge is 0.368 e. The van der Waals surface area contributed by atoms with Crippen LogP contribution in [0.25, 0.3) is 0 Å². The first-order valence-corrected chi connectivity index (χ1v) is 6.54. The molecular formula is C14H20N6. The van der Waals surface area contributed by atoms with Crippen molar-refractivity contribution in [3.05, 3.63) is 35.9 Å². The van der Waals surface area contributed by atoms with Gasteiger partial charge < -0.3 is 16.0 Å². The summed E-state index contributed by atoms with van der Waals surface area (Å²) < 4.78 is 0. The van der Waals surface area contributed by atoms with Crippen LogP contribution < -0.4 is 16.0 Å². The van der Waals surface area contributed by atoms with Crippen LogP contribution in [0.5, 0.6) is 0 Å². The van der Waals surface area contributed by atoms with E-state index in [4.69, 9.17) is 5.73 Å². The molecule has 20 heavy (non-hydrogen) atoms. The van der Waals surface area contributed by atoms with Gasteiger partial charge in [0.1, 0.15) is 0 Å². The average molecular weight is 272 g/mol. The Morgan fingerprint density at radius 3 is 2.50 bits per heavy atom. The minimum atomic E-state index is 0.221. The summed E-state index contributed by atoms with van der Waals surface area (Å²) in [5, 5.41) is 3.21. The Kier molecular flexibility index (Phi) is 4.34. The number of hydrogen-bond acceptors (Lipinski definition) is 6. The summed E-state index contributed by atoms with van der Waals surface area (Å²) in [6.45, 7) is 2.89. The highest BCUT2D eigenvalue weighted by molar-refractivity contribution is 5.41. The lowest BCUT2D eigenvalue weighted by atomic mass is 10.0. The summed E-state index contributed by atoms with van der Waals surface area (Å²) in [6.07, 6.45) is 0. The van der Waals surface area contributed by atoms with Gasteiger partial charge in [-0.15, -0.1) is 0 Å². The number of nitrogens with zero attached hydrogens (tertiary/aromatic N) is 4. The van der Waals surface area contributed by atoms with Crippen molar-refractivity contribution < 1.29 is 0 Å². The minimum Gasteiger partial charge on any atom is -0.368 e. The molecule has 1 atom stereocenters. The van der Waals surface area contributed by atoms with Crippen molar-refractivity contribution in [3.8, 4) is 0 Å². The van der Waals surface area contributed by atoms with Gasteiger partial charge in [-0.25, -0.2) is 0 Å². The van der Waals surface area contributed by atoms with E-state index in [1.54, 1.807) is 4.90 Å². The third-order valence-corrected chi connectivity index (χ3v) is 2.98. The molecule has 0 aliphatic rings. The molecule has 0 radical (unpaired) electrons. The van der Waals surface area contributed by atoms with Crippen molar-refractivity contribution in [1.29, 1.82) is 0 Å². The molecule has 1 aromatic carbocycles. The van der Waals surface area contributed by atoms with Crippen molar-refractivity contribution in [1.82, 2.24) is 15.0 Å². The summed E-state index contributed by atoms with van der Waals surface area (Å²) in [5.74, 6) is 1.63. The van der Waals surface area contributed by atoms with E-state index in [0.29, 0.717) is 17.8 Å². The molecule has 0 fully saturated rings. The van der Waals surface area contributed by atoms with Crippen molar-refractivity contribution in [2.45, 2.75) is 12.8 Å². The Hall–Kier alpha value is -2.37. The van der Waals surface area contributed by atoms with Crippen LogP contribution in [-0.4, -0.2) is 35.6 Å². The Bertz CT molecular complexity index is 555. The number of nitrogens with two attached hydrogens (primary N) is 1. The first kappa shape index (κ1) is 14.0. The van der Waals surface area contributed by atoms with Gasteiger partial charge in [0.05, 0.1) is 0 Å². The molecule has 1 aromatic heterocycles. The van der Waals surface area contributed by atoms with Crippen molar-refractivity contribution >= 4 is 17.8 Å². The summed E-state index contributed by atoms with van der Waals surface area (Å²) in [7, 11) is 3.73. The highest BCUT2D eigenvalue weighted by Gasteiger charge is 2.08. The fraction of sp³-hybridized carbons (Fsp3) is 0.357. The van der Waals surface area contributed by atoms with Crippen LogP contribution in [0.3, 0.4) is 0 Å². The minimum absolute atomic E-state index is 0.221. The summed E-state index contributed by atoms with van der Waals surface area (Å²) in [4.78, 5) is 14.3. The van der Waals surface area contributed by atoms with E-state index in [0.717, 1.165) is 6.54 Å². The lowest BCUT2D eigenvalue weighted by Crippen LogP contribution is -2.18. The van der Waals surface area contributed by atoms with Crippen LogP contribution in [0, 0.1) is 0 Å². The zero-order valence-electron chi connectivity index (χ0n) is 12.0. The first-order valence-electron chi connectivity index (χ1n) is 6.54. The lowest BCUT2D eigenvalue weighted by Gasteiger charge is -2.15. The average Bonchev–Trinajstić information content (AvgIpc) is 2.45. The maximum Gasteiger partial charge on any atom is 0.231 e. The maximum absolute atomic E-state index is 5.69. The van der Waals surface area contributed by atoms with Gasteiger partial charge in [-0.2, -0.15) is 15.0 Å². The molecule has 2 aromatic rings. The number of aromatic nitrogens is 3. The van der Waals surface area contributed by atoms with E-state index in [1.807, 2.05) is 32.3 Å². The molecule has 6 nitrogen and oxygen atoms in total. The van der Waals surface area contributed by atoms with E-state index in [1.165, 1.54) is 5.56 Å². The number of benzene rings is 1. The van der Waals surface area contributed by atoms with Gasteiger partial charge in [0.25, 0.3) is 0 Å². The molecule has 3 N–H and O–H groups in total. The Morgan fingerprint density at radius 1 is 1.15 bits per heavy atom. The van der Waals surface area contributed by atoms with Crippen LogP contribution in [0.2, 0.25) is 0 Å². The molecule has 1 unspecified atom stereocenters. The first-order chi connectivity index (χ1) is 9.56. The lowest BCUT2D eigenvalue weighted by molar-refractivity contribution is 0.794. The van der Waals surface area contributed by atoms with Gasteiger partial charge in [0, 0.05) is 20.6 Å². The zero-order chi connectivity index (χ0) is 14.5. The van der Waals surface area contributed by atoms with Gasteiger partial charge in [-0.05, 0) is 11.5 Å². The predicted octanol–water partition coefficient (Wildman–Crippen LogP) is 1.74. The predicted molar refractivity (Wildman–Crippen MR) is 81.9 cm³/mol. The molecular weight excluding hydrogens is 252 g/mol. The number of rotatable bonds is 5. The van der Waals surface area contributed by atoms with Crippen LogP contribution in [-0.2, 0) is 0 Å². The Balaban J connectivity index is 2.04. The fourth-order valence-electron chi connectivity index (χ4n) is 1.80. The van der Waals surface area contributed by atoms with Crippen LogP contribution >= 0.6 is 0 Å². The second kappa shape index (κ2) is 6.18. The zero-order valence-corrected chi connectivity index (χ0v) is 12.0. The molecule has 0 aliphatic carbocycles. The normalized spacial score (nSPS) is 11.9. The molecule has 0 saturated carbocycles. The highest BCUT2D eigenvalue weighted by Crippen LogP contribution is 2.15. The molecule has 1 heterocycles. The SMILES string of the molecule is CC(CNc1nc(N)nc(N(C)C)n1)c1ccccc1. The maximum atomic E-state index is 5.69. The molecule has 0 spiro atoms. The van der Waals surface area contributed by atoms with E-state index in [2.05, 4.69) is 39.3 Å². The monoisotopic (exact) mass is 272 g/mol. The molecule has 0 aliphatic heterocycles. The summed E-state index contributed by atoms with van der Waals surface area (Å²) >= 11 is 0. The van der Waals surface area contributed by atoms with Gasteiger partial charge in [-0.3, -0.25) is 0 Å². The second-order valence-corrected chi connectivity index (χ2v) is 4.90. The standard InChI is InChI=1S/C14H20N6/c1-10(11-7-5-4-6-8-11)9-16-13-17-12(15)18-14(19-13)20(2)3/h4-8,10H,9H2,1-3H3,(H3,15,16,17,18,19). The van der Waals surface area contributed by atoms with Gasteiger partial charge >= 0.3 is 0 Å². The van der Waals surface area contributed by atoms with Crippen molar-refractivity contribution in [3.63, 3.8) is 0 Å². The van der Waals surface area contributed by atoms with Crippen LogP contribution in [0.15, 0.2) is 30.3 Å². The number of nitrogen functional groups attached to an aromatic ring is 1. The molecule has 2 rings (SSSR count). The van der Waals surface area contributed by atoms with Crippen LogP contribution in [0.1, 0.15) is 18.4 Å². The summed E-state index contributed by atoms with van der Waals surface area (Å²) in [6, 6.07) is 10.3. The number of anilines is 3. The molecule has 0 amide bonds. The molecule has 6 heteroatoms. The fourth-order valence-corrected chi connectivity index (χ4v) is 1.80. The quantitative estimate of drug-likeness (QED) is 0.863. The van der Waals surface area contributed by atoms with Gasteiger partial charge in [0.15, 0.2) is 0 Å². The summed E-state index contributed by atoms with van der Waals surface area (Å²) in [5.41, 5.74) is 6.96. The van der Waals surface area contributed by atoms with E-state index < -0.39 is 0 Å². The van der Waals surface area contributed by atoms with E-state index >= 15 is 0 Å². The van der Waals surface area contributed by atoms with Crippen molar-refractivity contribution in [2.75, 3.05) is 36.6 Å². The van der Waals surface area contributed by atoms with E-state index in [-0.39, 0.29) is 5.95 Å². The van der Waals surface area contributed by atoms with Gasteiger partial charge in [-0.1, -0.05) is 37.3 Å². The third-order valence-electron chi connectivity index (χ3n) is 2.98. The van der Waals surface area contributed by atoms with E-state index in [9.17, 15) is 0 Å². The third kappa shape index (κ3) is 3.57. The Morgan fingerprint density at radius 2 is 1.85 bits per heavy atom. The number of nitrogens with one attached hydrogen (secondary N) is 1. The molecule has 0 saturated heterocycles. The molecule has 0 bridgehead atoms. The van der Waals surface area contributed by atoms with Crippen molar-refractivity contribution in [2.24, 2.45) is 0 Å². The molecule has 106 valence electrons. The second-order valence-electron chi connectivity index (χ2n) is 4.90. The van der Waals surface area contributed by atoms with Crippen LogP contribution in [0.4, 0.5) is 17.8 Å². The topological polar surface area (TPSA) is 80.0 Å². The highest BCUT2D eigenvalue weighted by atomic mass is 15.3.